The highest BCUT2D eigenvalue weighted by molar-refractivity contribution is 7.89. The lowest BCUT2D eigenvalue weighted by atomic mass is 10.1. The van der Waals surface area contributed by atoms with Crippen LogP contribution in [0.1, 0.15) is 49.8 Å². The molecule has 0 unspecified atom stereocenters. The topological polar surface area (TPSA) is 86.8 Å². The van der Waals surface area contributed by atoms with Crippen molar-refractivity contribution in [1.82, 2.24) is 14.5 Å². The van der Waals surface area contributed by atoms with Gasteiger partial charge in [-0.05, 0) is 44.4 Å². The summed E-state index contributed by atoms with van der Waals surface area (Å²) in [7, 11) is -2.46. The van der Waals surface area contributed by atoms with E-state index in [2.05, 4.69) is 5.32 Å². The van der Waals surface area contributed by atoms with Gasteiger partial charge in [-0.2, -0.15) is 4.31 Å². The molecule has 2 rings (SSSR count). The van der Waals surface area contributed by atoms with E-state index in [4.69, 9.17) is 0 Å². The fraction of sp³-hybridized carbons (Fsp3) is 0.462. The molecule has 0 radical (unpaired) electrons. The van der Waals surface area contributed by atoms with E-state index in [0.29, 0.717) is 13.0 Å². The van der Waals surface area contributed by atoms with E-state index in [1.54, 1.807) is 12.1 Å². The number of likely N-dealkylation sites (N-methyl/N-ethyl adjacent to an activating group) is 1. The van der Waals surface area contributed by atoms with Crippen LogP contribution in [0.4, 0.5) is 0 Å². The number of rotatable bonds is 12. The monoisotopic (exact) mass is 487 g/mol. The molecule has 8 heteroatoms. The van der Waals surface area contributed by atoms with Gasteiger partial charge in [-0.3, -0.25) is 9.59 Å². The van der Waals surface area contributed by atoms with E-state index in [1.165, 1.54) is 24.1 Å². The molecule has 0 fully saturated rings. The normalized spacial score (nSPS) is 12.4. The molecule has 2 aromatic carbocycles. The summed E-state index contributed by atoms with van der Waals surface area (Å²) in [6.45, 7) is 8.14. The van der Waals surface area contributed by atoms with Gasteiger partial charge in [0.15, 0.2) is 0 Å². The Morgan fingerprint density at radius 1 is 1.00 bits per heavy atom. The zero-order valence-electron chi connectivity index (χ0n) is 20.9. The van der Waals surface area contributed by atoms with Crippen molar-refractivity contribution in [1.29, 1.82) is 0 Å². The van der Waals surface area contributed by atoms with Gasteiger partial charge >= 0.3 is 0 Å². The van der Waals surface area contributed by atoms with Crippen LogP contribution in [-0.2, 0) is 26.2 Å². The van der Waals surface area contributed by atoms with Gasteiger partial charge in [0, 0.05) is 20.1 Å². The third kappa shape index (κ3) is 7.40. The Hall–Kier alpha value is -2.71. The lowest BCUT2D eigenvalue weighted by Gasteiger charge is -2.32. The smallest absolute Gasteiger partial charge is 0.243 e. The molecule has 0 aromatic heterocycles. The van der Waals surface area contributed by atoms with Gasteiger partial charge in [0.2, 0.25) is 21.8 Å². The van der Waals surface area contributed by atoms with Gasteiger partial charge in [-0.1, -0.05) is 67.8 Å². The maximum absolute atomic E-state index is 13.4. The summed E-state index contributed by atoms with van der Waals surface area (Å²) in [6, 6.07) is 13.6. The maximum Gasteiger partial charge on any atom is 0.243 e. The number of carbonyl (C=O) groups is 2. The average molecular weight is 488 g/mol. The number of amides is 2. The summed E-state index contributed by atoms with van der Waals surface area (Å²) in [6.07, 6.45) is 2.22. The fourth-order valence-electron chi connectivity index (χ4n) is 3.69. The molecule has 186 valence electrons. The molecule has 1 atom stereocenters. The molecule has 0 saturated heterocycles. The minimum Gasteiger partial charge on any atom is -0.354 e. The van der Waals surface area contributed by atoms with Crippen molar-refractivity contribution in [3.63, 3.8) is 0 Å². The lowest BCUT2D eigenvalue weighted by molar-refractivity contribution is -0.141. The molecular weight excluding hydrogens is 450 g/mol. The highest BCUT2D eigenvalue weighted by atomic mass is 32.2. The van der Waals surface area contributed by atoms with E-state index in [0.717, 1.165) is 33.8 Å². The molecule has 1 N–H and O–H groups in total. The van der Waals surface area contributed by atoms with Crippen molar-refractivity contribution < 1.29 is 18.0 Å². The second-order valence-electron chi connectivity index (χ2n) is 8.65. The van der Waals surface area contributed by atoms with Crippen LogP contribution >= 0.6 is 0 Å². The summed E-state index contributed by atoms with van der Waals surface area (Å²) in [5.74, 6) is -0.641. The highest BCUT2D eigenvalue weighted by Crippen LogP contribution is 2.18. The molecule has 0 bridgehead atoms. The predicted octanol–water partition coefficient (Wildman–Crippen LogP) is 3.65. The van der Waals surface area contributed by atoms with Crippen LogP contribution < -0.4 is 5.32 Å². The first-order valence-electron chi connectivity index (χ1n) is 11.8. The SMILES string of the molecule is CCCCNC(=O)[C@@H](CC)N(Cc1cccc(C)c1)C(=O)CN(C)S(=O)(=O)c1ccc(C)cc1. The zero-order valence-corrected chi connectivity index (χ0v) is 21.7. The first-order valence-corrected chi connectivity index (χ1v) is 13.2. The van der Waals surface area contributed by atoms with Crippen LogP contribution in [0.2, 0.25) is 0 Å². The summed E-state index contributed by atoms with van der Waals surface area (Å²) in [4.78, 5) is 28.0. The number of hydrogen-bond acceptors (Lipinski definition) is 4. The van der Waals surface area contributed by atoms with Crippen molar-refractivity contribution in [3.05, 3.63) is 65.2 Å². The van der Waals surface area contributed by atoms with E-state index < -0.39 is 22.0 Å². The molecule has 34 heavy (non-hydrogen) atoms. The summed E-state index contributed by atoms with van der Waals surface area (Å²) in [5, 5.41) is 2.92. The molecule has 0 spiro atoms. The average Bonchev–Trinajstić information content (AvgIpc) is 2.79. The number of aryl methyl sites for hydroxylation is 2. The minimum absolute atomic E-state index is 0.128. The number of benzene rings is 2. The molecule has 0 aliphatic heterocycles. The molecule has 0 heterocycles. The summed E-state index contributed by atoms with van der Waals surface area (Å²) < 4.78 is 27.1. The van der Waals surface area contributed by atoms with Crippen LogP contribution in [-0.4, -0.2) is 55.6 Å². The van der Waals surface area contributed by atoms with Crippen LogP contribution in [0.25, 0.3) is 0 Å². The Balaban J connectivity index is 2.29. The number of unbranched alkanes of at least 4 members (excludes halogenated alkanes) is 1. The second kappa shape index (κ2) is 12.7. The third-order valence-corrected chi connectivity index (χ3v) is 7.56. The van der Waals surface area contributed by atoms with E-state index in [9.17, 15) is 18.0 Å². The molecule has 2 aromatic rings. The largest absolute Gasteiger partial charge is 0.354 e. The highest BCUT2D eigenvalue weighted by Gasteiger charge is 2.31. The van der Waals surface area contributed by atoms with Crippen molar-refractivity contribution >= 4 is 21.8 Å². The quantitative estimate of drug-likeness (QED) is 0.463. The predicted molar refractivity (Wildman–Crippen MR) is 135 cm³/mol. The second-order valence-corrected chi connectivity index (χ2v) is 10.7. The minimum atomic E-state index is -3.85. The van der Waals surface area contributed by atoms with Gasteiger partial charge in [0.1, 0.15) is 6.04 Å². The Kier molecular flexibility index (Phi) is 10.3. The summed E-state index contributed by atoms with van der Waals surface area (Å²) in [5.41, 5.74) is 2.88. The van der Waals surface area contributed by atoms with E-state index in [-0.39, 0.29) is 23.9 Å². The third-order valence-electron chi connectivity index (χ3n) is 5.74. The van der Waals surface area contributed by atoms with Gasteiger partial charge < -0.3 is 10.2 Å². The first kappa shape index (κ1) is 27.5. The first-order chi connectivity index (χ1) is 16.1. The summed E-state index contributed by atoms with van der Waals surface area (Å²) >= 11 is 0. The van der Waals surface area contributed by atoms with Crippen molar-refractivity contribution in [2.24, 2.45) is 0 Å². The number of sulfonamides is 1. The molecule has 2 amide bonds. The molecule has 0 aliphatic rings. The Bertz CT molecular complexity index is 1070. The van der Waals surface area contributed by atoms with Crippen molar-refractivity contribution in [3.8, 4) is 0 Å². The van der Waals surface area contributed by atoms with Gasteiger partial charge in [-0.15, -0.1) is 0 Å². The number of nitrogens with zero attached hydrogens (tertiary/aromatic N) is 2. The number of nitrogens with one attached hydrogen (secondary N) is 1. The van der Waals surface area contributed by atoms with Gasteiger partial charge in [0.25, 0.3) is 0 Å². The number of hydrogen-bond donors (Lipinski definition) is 1. The van der Waals surface area contributed by atoms with E-state index in [1.807, 2.05) is 52.0 Å². The molecule has 0 aliphatic carbocycles. The van der Waals surface area contributed by atoms with Gasteiger partial charge in [0.05, 0.1) is 11.4 Å². The van der Waals surface area contributed by atoms with Crippen LogP contribution in [0, 0.1) is 13.8 Å². The zero-order chi connectivity index (χ0) is 25.3. The molecular formula is C26H37N3O4S. The number of carbonyl (C=O) groups excluding carboxylic acids is 2. The Labute approximate surface area is 204 Å². The standard InChI is InChI=1S/C26H37N3O4S/c1-6-8-16-27-26(31)24(7-2)29(18-22-11-9-10-21(4)17-22)25(30)19-28(5)34(32,33)23-14-12-20(3)13-15-23/h9-15,17,24H,6-8,16,18-19H2,1-5H3,(H,27,31)/t24-/m1/s1. The van der Waals surface area contributed by atoms with Crippen LogP contribution in [0.15, 0.2) is 53.4 Å². The molecule has 7 nitrogen and oxygen atoms in total. The van der Waals surface area contributed by atoms with E-state index >= 15 is 0 Å². The van der Waals surface area contributed by atoms with Crippen molar-refractivity contribution in [2.45, 2.75) is 64.4 Å². The fourth-order valence-corrected chi connectivity index (χ4v) is 4.81. The maximum atomic E-state index is 13.4. The Morgan fingerprint density at radius 2 is 1.68 bits per heavy atom. The molecule has 0 saturated carbocycles. The Morgan fingerprint density at radius 3 is 2.26 bits per heavy atom. The lowest BCUT2D eigenvalue weighted by Crippen LogP contribution is -2.51. The van der Waals surface area contributed by atoms with Crippen molar-refractivity contribution in [2.75, 3.05) is 20.1 Å². The van der Waals surface area contributed by atoms with Gasteiger partial charge in [-0.25, -0.2) is 8.42 Å². The van der Waals surface area contributed by atoms with Crippen LogP contribution in [0.5, 0.6) is 0 Å². The van der Waals surface area contributed by atoms with Crippen LogP contribution in [0.3, 0.4) is 0 Å².